The maximum absolute atomic E-state index is 13.0. The molecule has 5 heteroatoms. The molecule has 2 amide bonds. The molecule has 3 rings (SSSR count). The number of benzene rings is 1. The molecule has 0 aromatic heterocycles. The van der Waals surface area contributed by atoms with E-state index < -0.39 is 5.91 Å². The number of nitrogens with two attached hydrogens (primary N) is 1. The zero-order valence-electron chi connectivity index (χ0n) is 15.7. The van der Waals surface area contributed by atoms with Crippen LogP contribution in [0.2, 0.25) is 0 Å². The fourth-order valence-electron chi connectivity index (χ4n) is 4.33. The number of likely N-dealkylation sites (tertiary alicyclic amines) is 1. The standard InChI is InChI=1S/C20H29N3O2/c1-13-15-6-5-7-16(18(21)24)17(15)19(25)23(13)14-8-10-22(11-9-14)12-20(2,3)4/h5-7,13-14H,8-12H2,1-4H3,(H2,21,24). The van der Waals surface area contributed by atoms with Crippen LogP contribution in [0, 0.1) is 5.41 Å². The van der Waals surface area contributed by atoms with E-state index >= 15 is 0 Å². The molecule has 1 unspecified atom stereocenters. The van der Waals surface area contributed by atoms with Crippen LogP contribution in [0.5, 0.6) is 0 Å². The summed E-state index contributed by atoms with van der Waals surface area (Å²) in [5.41, 5.74) is 7.56. The number of hydrogen-bond acceptors (Lipinski definition) is 3. The molecule has 1 saturated heterocycles. The summed E-state index contributed by atoms with van der Waals surface area (Å²) in [6, 6.07) is 5.64. The summed E-state index contributed by atoms with van der Waals surface area (Å²) in [7, 11) is 0. The van der Waals surface area contributed by atoms with E-state index in [2.05, 4.69) is 32.6 Å². The number of nitrogens with zero attached hydrogens (tertiary/aromatic N) is 2. The Hall–Kier alpha value is -1.88. The molecule has 0 saturated carbocycles. The van der Waals surface area contributed by atoms with Crippen LogP contribution in [0.15, 0.2) is 18.2 Å². The van der Waals surface area contributed by atoms with Crippen LogP contribution in [0.1, 0.15) is 72.9 Å². The second kappa shape index (κ2) is 6.45. The highest BCUT2D eigenvalue weighted by atomic mass is 16.2. The van der Waals surface area contributed by atoms with Crippen LogP contribution in [0.4, 0.5) is 0 Å². The van der Waals surface area contributed by atoms with Gasteiger partial charge in [0.15, 0.2) is 0 Å². The van der Waals surface area contributed by atoms with Gasteiger partial charge < -0.3 is 15.5 Å². The van der Waals surface area contributed by atoms with E-state index in [4.69, 9.17) is 5.73 Å². The van der Waals surface area contributed by atoms with E-state index in [1.165, 1.54) is 0 Å². The van der Waals surface area contributed by atoms with Crippen molar-refractivity contribution in [2.24, 2.45) is 11.1 Å². The molecule has 1 aromatic carbocycles. The lowest BCUT2D eigenvalue weighted by Gasteiger charge is -2.40. The third-order valence-corrected chi connectivity index (χ3v) is 5.33. The first kappa shape index (κ1) is 17.9. The lowest BCUT2D eigenvalue weighted by atomic mass is 9.93. The van der Waals surface area contributed by atoms with Crippen LogP contribution >= 0.6 is 0 Å². The normalized spacial score (nSPS) is 22.3. The maximum Gasteiger partial charge on any atom is 0.255 e. The Balaban J connectivity index is 1.76. The fourth-order valence-corrected chi connectivity index (χ4v) is 4.33. The van der Waals surface area contributed by atoms with Crippen molar-refractivity contribution in [1.29, 1.82) is 0 Å². The molecule has 2 N–H and O–H groups in total. The van der Waals surface area contributed by atoms with E-state index in [1.54, 1.807) is 6.07 Å². The molecule has 5 nitrogen and oxygen atoms in total. The molecule has 1 fully saturated rings. The number of carbonyl (C=O) groups excluding carboxylic acids is 2. The molecule has 1 atom stereocenters. The van der Waals surface area contributed by atoms with E-state index in [0.29, 0.717) is 11.1 Å². The minimum Gasteiger partial charge on any atom is -0.366 e. The summed E-state index contributed by atoms with van der Waals surface area (Å²) in [4.78, 5) is 29.2. The third kappa shape index (κ3) is 3.43. The highest BCUT2D eigenvalue weighted by Crippen LogP contribution is 2.38. The highest BCUT2D eigenvalue weighted by Gasteiger charge is 2.41. The molecule has 25 heavy (non-hydrogen) atoms. The largest absolute Gasteiger partial charge is 0.366 e. The molecule has 0 spiro atoms. The molecule has 2 aliphatic rings. The van der Waals surface area contributed by atoms with Crippen LogP contribution in [-0.4, -0.2) is 47.3 Å². The molecule has 0 radical (unpaired) electrons. The first-order valence-corrected chi connectivity index (χ1v) is 9.17. The molecular weight excluding hydrogens is 314 g/mol. The van der Waals surface area contributed by atoms with Crippen molar-refractivity contribution in [3.63, 3.8) is 0 Å². The van der Waals surface area contributed by atoms with Crippen LogP contribution < -0.4 is 5.73 Å². The summed E-state index contributed by atoms with van der Waals surface area (Å²) >= 11 is 0. The zero-order valence-corrected chi connectivity index (χ0v) is 15.7. The lowest BCUT2D eigenvalue weighted by Crippen LogP contribution is -2.47. The van der Waals surface area contributed by atoms with Crippen molar-refractivity contribution < 1.29 is 9.59 Å². The van der Waals surface area contributed by atoms with Gasteiger partial charge in [-0.15, -0.1) is 0 Å². The van der Waals surface area contributed by atoms with Crippen LogP contribution in [0.3, 0.4) is 0 Å². The number of amides is 2. The van der Waals surface area contributed by atoms with Crippen molar-refractivity contribution in [3.8, 4) is 0 Å². The summed E-state index contributed by atoms with van der Waals surface area (Å²) in [5, 5.41) is 0. The van der Waals surface area contributed by atoms with Crippen molar-refractivity contribution >= 4 is 11.8 Å². The first-order chi connectivity index (χ1) is 11.7. The van der Waals surface area contributed by atoms with Gasteiger partial charge in [0, 0.05) is 25.7 Å². The number of rotatable bonds is 3. The van der Waals surface area contributed by atoms with Crippen molar-refractivity contribution in [3.05, 3.63) is 34.9 Å². The second-order valence-electron chi connectivity index (χ2n) is 8.59. The van der Waals surface area contributed by atoms with Crippen molar-refractivity contribution in [1.82, 2.24) is 9.80 Å². The number of primary amides is 1. The van der Waals surface area contributed by atoms with Gasteiger partial charge >= 0.3 is 0 Å². The van der Waals surface area contributed by atoms with Crippen LogP contribution in [-0.2, 0) is 0 Å². The Bertz CT molecular complexity index is 685. The summed E-state index contributed by atoms with van der Waals surface area (Å²) in [6.07, 6.45) is 1.96. The van der Waals surface area contributed by atoms with Gasteiger partial charge in [-0.25, -0.2) is 0 Å². The van der Waals surface area contributed by atoms with Gasteiger partial charge in [0.2, 0.25) is 5.91 Å². The molecule has 0 bridgehead atoms. The molecule has 1 aromatic rings. The van der Waals surface area contributed by atoms with Crippen molar-refractivity contribution in [2.75, 3.05) is 19.6 Å². The third-order valence-electron chi connectivity index (χ3n) is 5.33. The summed E-state index contributed by atoms with van der Waals surface area (Å²) < 4.78 is 0. The van der Waals surface area contributed by atoms with Gasteiger partial charge in [0.1, 0.15) is 0 Å². The van der Waals surface area contributed by atoms with E-state index in [-0.39, 0.29) is 23.4 Å². The number of fused-ring (bicyclic) bond motifs is 1. The quantitative estimate of drug-likeness (QED) is 0.918. The predicted octanol–water partition coefficient (Wildman–Crippen LogP) is 2.81. The second-order valence-corrected chi connectivity index (χ2v) is 8.59. The van der Waals surface area contributed by atoms with E-state index in [0.717, 1.165) is 38.0 Å². The van der Waals surface area contributed by atoms with E-state index in [9.17, 15) is 9.59 Å². The molecular formula is C20H29N3O2. The monoisotopic (exact) mass is 343 g/mol. The molecule has 136 valence electrons. The average Bonchev–Trinajstić information content (AvgIpc) is 2.78. The zero-order chi connectivity index (χ0) is 18.4. The first-order valence-electron chi connectivity index (χ1n) is 9.17. The lowest BCUT2D eigenvalue weighted by molar-refractivity contribution is 0.0480. The van der Waals surface area contributed by atoms with E-state index in [1.807, 2.05) is 17.0 Å². The Morgan fingerprint density at radius 2 is 1.88 bits per heavy atom. The Kier molecular flexibility index (Phi) is 4.62. The molecule has 2 aliphatic heterocycles. The Morgan fingerprint density at radius 3 is 2.44 bits per heavy atom. The van der Waals surface area contributed by atoms with Gasteiger partial charge in [-0.3, -0.25) is 9.59 Å². The number of hydrogen-bond donors (Lipinski definition) is 1. The number of piperidine rings is 1. The van der Waals surface area contributed by atoms with Gasteiger partial charge in [-0.05, 0) is 36.8 Å². The summed E-state index contributed by atoms with van der Waals surface area (Å²) in [6.45, 7) is 11.9. The fraction of sp³-hybridized carbons (Fsp3) is 0.600. The van der Waals surface area contributed by atoms with Crippen molar-refractivity contribution in [2.45, 2.75) is 52.6 Å². The minimum atomic E-state index is -0.528. The summed E-state index contributed by atoms with van der Waals surface area (Å²) in [5.74, 6) is -0.564. The topological polar surface area (TPSA) is 66.6 Å². The smallest absolute Gasteiger partial charge is 0.255 e. The predicted molar refractivity (Wildman–Crippen MR) is 98.5 cm³/mol. The van der Waals surface area contributed by atoms with Gasteiger partial charge in [-0.2, -0.15) is 0 Å². The molecule has 2 heterocycles. The van der Waals surface area contributed by atoms with Gasteiger partial charge in [0.25, 0.3) is 5.91 Å². The Labute approximate surface area is 150 Å². The number of carbonyl (C=O) groups is 2. The van der Waals surface area contributed by atoms with Crippen LogP contribution in [0.25, 0.3) is 0 Å². The minimum absolute atomic E-state index is 0.000895. The Morgan fingerprint density at radius 1 is 1.24 bits per heavy atom. The van der Waals surface area contributed by atoms with Gasteiger partial charge in [-0.1, -0.05) is 32.9 Å². The van der Waals surface area contributed by atoms with Gasteiger partial charge in [0.05, 0.1) is 17.2 Å². The molecule has 0 aliphatic carbocycles. The maximum atomic E-state index is 13.0. The SMILES string of the molecule is CC1c2cccc(C(N)=O)c2C(=O)N1C1CCN(CC(C)(C)C)CC1. The highest BCUT2D eigenvalue weighted by molar-refractivity contribution is 6.09. The average molecular weight is 343 g/mol.